The number of benzene rings is 2. The molecule has 0 bridgehead atoms. The lowest BCUT2D eigenvalue weighted by molar-refractivity contribution is -0.137. The minimum Gasteiger partial charge on any atom is -0.312 e. The first kappa shape index (κ1) is 20.2. The van der Waals surface area contributed by atoms with Crippen molar-refractivity contribution in [3.63, 3.8) is 0 Å². The third-order valence-electron chi connectivity index (χ3n) is 3.74. The van der Waals surface area contributed by atoms with E-state index in [9.17, 15) is 26.7 Å². The van der Waals surface area contributed by atoms with Crippen molar-refractivity contribution in [2.75, 3.05) is 5.32 Å². The van der Waals surface area contributed by atoms with Gasteiger partial charge in [0, 0.05) is 5.56 Å². The van der Waals surface area contributed by atoms with E-state index in [4.69, 9.17) is 11.6 Å². The molecule has 0 unspecified atom stereocenters. The van der Waals surface area contributed by atoms with Gasteiger partial charge in [0.25, 0.3) is 5.91 Å². The van der Waals surface area contributed by atoms with Crippen LogP contribution in [0.25, 0.3) is 10.6 Å². The predicted molar refractivity (Wildman–Crippen MR) is 96.6 cm³/mol. The molecule has 0 aliphatic heterocycles. The summed E-state index contributed by atoms with van der Waals surface area (Å²) >= 11 is 6.84. The number of anilines is 1. The number of thiazole rings is 1. The van der Waals surface area contributed by atoms with E-state index in [1.54, 1.807) is 0 Å². The van der Waals surface area contributed by atoms with Crippen LogP contribution in [-0.2, 0) is 6.18 Å². The lowest BCUT2D eigenvalue weighted by atomic mass is 10.1. The van der Waals surface area contributed by atoms with Gasteiger partial charge in [-0.15, -0.1) is 0 Å². The molecule has 3 rings (SSSR count). The van der Waals surface area contributed by atoms with Crippen molar-refractivity contribution in [2.45, 2.75) is 13.1 Å². The van der Waals surface area contributed by atoms with Crippen molar-refractivity contribution in [1.82, 2.24) is 4.98 Å². The van der Waals surface area contributed by atoms with Gasteiger partial charge in [-0.25, -0.2) is 13.8 Å². The van der Waals surface area contributed by atoms with Crippen LogP contribution < -0.4 is 5.32 Å². The number of carbonyl (C=O) groups is 1. The smallest absolute Gasteiger partial charge is 0.312 e. The van der Waals surface area contributed by atoms with Crippen LogP contribution in [-0.4, -0.2) is 10.9 Å². The number of halogens is 6. The van der Waals surface area contributed by atoms with E-state index >= 15 is 0 Å². The molecule has 10 heteroatoms. The molecule has 0 spiro atoms. The minimum absolute atomic E-state index is 0.0298. The van der Waals surface area contributed by atoms with E-state index < -0.39 is 34.8 Å². The van der Waals surface area contributed by atoms with Gasteiger partial charge in [0.15, 0.2) is 0 Å². The first-order chi connectivity index (χ1) is 13.1. The van der Waals surface area contributed by atoms with Gasteiger partial charge in [0.1, 0.15) is 27.2 Å². The van der Waals surface area contributed by atoms with Gasteiger partial charge in [0.05, 0.1) is 16.3 Å². The van der Waals surface area contributed by atoms with E-state index in [1.165, 1.54) is 6.92 Å². The van der Waals surface area contributed by atoms with Crippen molar-refractivity contribution < 1.29 is 26.7 Å². The Balaban J connectivity index is 1.96. The van der Waals surface area contributed by atoms with E-state index in [2.05, 4.69) is 10.3 Å². The molecule has 3 nitrogen and oxygen atoms in total. The van der Waals surface area contributed by atoms with E-state index in [0.29, 0.717) is 0 Å². The van der Waals surface area contributed by atoms with E-state index in [-0.39, 0.29) is 26.3 Å². The van der Waals surface area contributed by atoms with Crippen LogP contribution in [0.5, 0.6) is 0 Å². The molecule has 3 aromatic rings. The number of nitrogens with zero attached hydrogens (tertiary/aromatic N) is 1. The molecule has 0 radical (unpaired) electrons. The largest absolute Gasteiger partial charge is 0.416 e. The zero-order valence-corrected chi connectivity index (χ0v) is 15.6. The summed E-state index contributed by atoms with van der Waals surface area (Å²) in [6.45, 7) is 1.49. The number of rotatable bonds is 3. The maximum absolute atomic E-state index is 13.7. The van der Waals surface area contributed by atoms with Gasteiger partial charge in [0.2, 0.25) is 0 Å². The van der Waals surface area contributed by atoms with Gasteiger partial charge < -0.3 is 5.32 Å². The molecule has 2 aromatic carbocycles. The lowest BCUT2D eigenvalue weighted by Gasteiger charge is -2.08. The van der Waals surface area contributed by atoms with Crippen LogP contribution in [0.15, 0.2) is 36.4 Å². The molecule has 0 saturated heterocycles. The van der Waals surface area contributed by atoms with Crippen molar-refractivity contribution in [2.24, 2.45) is 0 Å². The zero-order valence-electron chi connectivity index (χ0n) is 14.0. The maximum Gasteiger partial charge on any atom is 0.416 e. The van der Waals surface area contributed by atoms with Gasteiger partial charge in [-0.1, -0.05) is 29.0 Å². The molecule has 146 valence electrons. The SMILES string of the molecule is Cc1nc(-c2cc(C(F)(F)F)ccc2Cl)sc1NC(=O)c1c(F)cccc1F. The van der Waals surface area contributed by atoms with Crippen LogP contribution >= 0.6 is 22.9 Å². The Morgan fingerprint density at radius 1 is 1.14 bits per heavy atom. The third kappa shape index (κ3) is 4.00. The highest BCUT2D eigenvalue weighted by Crippen LogP contribution is 2.39. The molecule has 0 saturated carbocycles. The molecular weight excluding hydrogens is 423 g/mol. The number of alkyl halides is 3. The fraction of sp³-hybridized carbons (Fsp3) is 0.111. The molecule has 28 heavy (non-hydrogen) atoms. The topological polar surface area (TPSA) is 42.0 Å². The molecule has 0 aliphatic rings. The fourth-order valence-corrected chi connectivity index (χ4v) is 3.63. The monoisotopic (exact) mass is 432 g/mol. The second kappa shape index (κ2) is 7.48. The van der Waals surface area contributed by atoms with Crippen molar-refractivity contribution in [3.05, 3.63) is 69.9 Å². The normalized spacial score (nSPS) is 11.5. The average Bonchev–Trinajstić information content (AvgIpc) is 2.94. The Labute approximate surface area is 164 Å². The molecule has 0 atom stereocenters. The molecule has 0 fully saturated rings. The number of carbonyl (C=O) groups excluding carboxylic acids is 1. The third-order valence-corrected chi connectivity index (χ3v) is 5.17. The van der Waals surface area contributed by atoms with E-state index in [0.717, 1.165) is 47.7 Å². The summed E-state index contributed by atoms with van der Waals surface area (Å²) in [4.78, 5) is 16.3. The summed E-state index contributed by atoms with van der Waals surface area (Å²) in [5.74, 6) is -3.12. The molecule has 1 aromatic heterocycles. The Morgan fingerprint density at radius 3 is 2.39 bits per heavy atom. The average molecular weight is 433 g/mol. The van der Waals surface area contributed by atoms with Gasteiger partial charge >= 0.3 is 6.18 Å². The first-order valence-electron chi connectivity index (χ1n) is 7.68. The van der Waals surface area contributed by atoms with Gasteiger partial charge in [-0.05, 0) is 37.3 Å². The standard InChI is InChI=1S/C18H10ClF5N2OS/c1-8-16(26-15(27)14-12(20)3-2-4-13(14)21)28-17(25-8)10-7-9(18(22,23)24)5-6-11(10)19/h2-7H,1H3,(H,26,27). The number of hydrogen-bond donors (Lipinski definition) is 1. The summed E-state index contributed by atoms with van der Waals surface area (Å²) in [7, 11) is 0. The number of nitrogens with one attached hydrogen (secondary N) is 1. The highest BCUT2D eigenvalue weighted by Gasteiger charge is 2.31. The Kier molecular flexibility index (Phi) is 5.40. The molecule has 1 N–H and O–H groups in total. The van der Waals surface area contributed by atoms with Gasteiger partial charge in [-0.2, -0.15) is 13.2 Å². The van der Waals surface area contributed by atoms with E-state index in [1.807, 2.05) is 0 Å². The quantitative estimate of drug-likeness (QED) is 0.492. The minimum atomic E-state index is -4.56. The number of hydrogen-bond acceptors (Lipinski definition) is 3. The summed E-state index contributed by atoms with van der Waals surface area (Å²) in [5, 5.41) is 2.63. The van der Waals surface area contributed by atoms with Crippen LogP contribution in [0, 0.1) is 18.6 Å². The molecule has 1 heterocycles. The number of amides is 1. The van der Waals surface area contributed by atoms with Gasteiger partial charge in [-0.3, -0.25) is 4.79 Å². The highest BCUT2D eigenvalue weighted by atomic mass is 35.5. The first-order valence-corrected chi connectivity index (χ1v) is 8.87. The summed E-state index contributed by atoms with van der Waals surface area (Å²) in [6.07, 6.45) is -4.56. The van der Waals surface area contributed by atoms with Crippen LogP contribution in [0.4, 0.5) is 27.0 Å². The fourth-order valence-electron chi connectivity index (χ4n) is 2.37. The number of aryl methyl sites for hydroxylation is 1. The molecular formula is C18H10ClF5N2OS. The van der Waals surface area contributed by atoms with Crippen LogP contribution in [0.2, 0.25) is 5.02 Å². The lowest BCUT2D eigenvalue weighted by Crippen LogP contribution is -2.15. The summed E-state index contributed by atoms with van der Waals surface area (Å²) < 4.78 is 66.3. The zero-order chi connectivity index (χ0) is 20.6. The van der Waals surface area contributed by atoms with Crippen LogP contribution in [0.1, 0.15) is 21.6 Å². The molecule has 1 amide bonds. The number of aromatic nitrogens is 1. The second-order valence-corrected chi connectivity index (χ2v) is 7.08. The summed E-state index contributed by atoms with van der Waals surface area (Å²) in [5.41, 5.74) is -1.38. The Morgan fingerprint density at radius 2 is 1.79 bits per heavy atom. The van der Waals surface area contributed by atoms with Crippen LogP contribution in [0.3, 0.4) is 0 Å². The highest BCUT2D eigenvalue weighted by molar-refractivity contribution is 7.19. The second-order valence-electron chi connectivity index (χ2n) is 5.68. The molecule has 0 aliphatic carbocycles. The van der Waals surface area contributed by atoms with Crippen molar-refractivity contribution in [1.29, 1.82) is 0 Å². The Bertz CT molecular complexity index is 1040. The Hall–Kier alpha value is -2.52. The van der Waals surface area contributed by atoms with Crippen molar-refractivity contribution >= 4 is 33.8 Å². The van der Waals surface area contributed by atoms with Crippen molar-refractivity contribution in [3.8, 4) is 10.6 Å². The summed E-state index contributed by atoms with van der Waals surface area (Å²) in [6, 6.07) is 5.78. The maximum atomic E-state index is 13.7. The predicted octanol–water partition coefficient (Wildman–Crippen LogP) is 6.32.